The number of anilines is 2. The van der Waals surface area contributed by atoms with Crippen LogP contribution in [-0.4, -0.2) is 16.6 Å². The molecule has 2 rings (SSSR count). The molecule has 0 saturated heterocycles. The fourth-order valence-electron chi connectivity index (χ4n) is 2.23. The first-order valence-corrected chi connectivity index (χ1v) is 8.84. The first kappa shape index (κ1) is 21.4. The second-order valence-corrected chi connectivity index (χ2v) is 6.80. The highest BCUT2D eigenvalue weighted by Crippen LogP contribution is 2.36. The van der Waals surface area contributed by atoms with Crippen LogP contribution in [0.2, 0.25) is 5.02 Å². The van der Waals surface area contributed by atoms with Crippen LogP contribution in [0.4, 0.5) is 24.7 Å². The van der Waals surface area contributed by atoms with E-state index in [0.717, 1.165) is 23.9 Å². The minimum Gasteiger partial charge on any atom is -0.383 e. The van der Waals surface area contributed by atoms with Crippen molar-refractivity contribution in [3.63, 3.8) is 0 Å². The first-order chi connectivity index (χ1) is 13.1. The van der Waals surface area contributed by atoms with E-state index in [1.807, 2.05) is 12.1 Å². The summed E-state index contributed by atoms with van der Waals surface area (Å²) in [6, 6.07) is 6.77. The third-order valence-corrected chi connectivity index (χ3v) is 4.87. The maximum absolute atomic E-state index is 12.9. The number of carbonyl (C=O) groups is 1. The number of aromatic nitrogens is 1. The predicted octanol–water partition coefficient (Wildman–Crippen LogP) is 4.12. The first-order valence-electron chi connectivity index (χ1n) is 7.48. The van der Waals surface area contributed by atoms with Gasteiger partial charge in [0.2, 0.25) is 5.91 Å². The smallest absolute Gasteiger partial charge is 0.383 e. The Morgan fingerprint density at radius 2 is 1.96 bits per heavy atom. The number of nitrogen functional groups attached to an aromatic ring is 1. The monoisotopic (exact) mass is 425 g/mol. The number of carbonyl (C=O) groups excluding carboxylic acids is 1. The Bertz CT molecular complexity index is 1030. The molecule has 1 amide bonds. The molecule has 0 unspecified atom stereocenters. The average molecular weight is 426 g/mol. The van der Waals surface area contributed by atoms with Crippen LogP contribution in [0.25, 0.3) is 0 Å². The molecule has 3 N–H and O–H groups in total. The molecule has 2 aromatic rings. The number of nitriles is 2. The molecule has 1 heterocycles. The summed E-state index contributed by atoms with van der Waals surface area (Å²) in [7, 11) is 0. The van der Waals surface area contributed by atoms with Crippen LogP contribution in [0, 0.1) is 29.6 Å². The van der Waals surface area contributed by atoms with Crippen LogP contribution in [-0.2, 0) is 11.0 Å². The number of halogens is 4. The fourth-order valence-corrected chi connectivity index (χ4v) is 3.30. The Labute approximate surface area is 167 Å². The second-order valence-electron chi connectivity index (χ2n) is 5.43. The number of nitrogens with one attached hydrogen (secondary N) is 1. The van der Waals surface area contributed by atoms with Crippen LogP contribution in [0.15, 0.2) is 23.2 Å². The van der Waals surface area contributed by atoms with E-state index in [1.165, 1.54) is 13.0 Å². The number of pyridine rings is 1. The van der Waals surface area contributed by atoms with E-state index in [9.17, 15) is 23.2 Å². The normalized spacial score (nSPS) is 10.8. The minimum absolute atomic E-state index is 0.0746. The van der Waals surface area contributed by atoms with Gasteiger partial charge in [0.15, 0.2) is 0 Å². The lowest BCUT2D eigenvalue weighted by molar-refractivity contribution is -0.137. The molecule has 0 fully saturated rings. The summed E-state index contributed by atoms with van der Waals surface area (Å²) in [6.45, 7) is 1.53. The number of amides is 1. The van der Waals surface area contributed by atoms with Crippen molar-refractivity contribution in [3.05, 3.63) is 45.5 Å². The maximum Gasteiger partial charge on any atom is 0.417 e. The molecule has 0 aliphatic carbocycles. The molecule has 0 saturated carbocycles. The zero-order valence-electron chi connectivity index (χ0n) is 14.2. The number of nitrogens with two attached hydrogens (primary N) is 1. The van der Waals surface area contributed by atoms with Gasteiger partial charge in [-0.25, -0.2) is 4.98 Å². The van der Waals surface area contributed by atoms with E-state index in [0.29, 0.717) is 5.56 Å². The van der Waals surface area contributed by atoms with Crippen LogP contribution < -0.4 is 11.1 Å². The molecular weight excluding hydrogens is 415 g/mol. The molecule has 0 aliphatic heterocycles. The number of thioether (sulfide) groups is 1. The Morgan fingerprint density at radius 1 is 1.32 bits per heavy atom. The van der Waals surface area contributed by atoms with Crippen molar-refractivity contribution in [1.29, 1.82) is 10.5 Å². The van der Waals surface area contributed by atoms with E-state index >= 15 is 0 Å². The van der Waals surface area contributed by atoms with Crippen molar-refractivity contribution in [2.45, 2.75) is 18.1 Å². The number of alkyl halides is 3. The number of hydrogen-bond acceptors (Lipinski definition) is 6. The van der Waals surface area contributed by atoms with Gasteiger partial charge in [-0.1, -0.05) is 23.4 Å². The SMILES string of the molecule is Cc1c(C#N)c(N)nc(SCC(=O)Nc2ccc(Cl)c(C(F)(F)F)c2)c1C#N. The van der Waals surface area contributed by atoms with Gasteiger partial charge in [0.1, 0.15) is 23.0 Å². The highest BCUT2D eigenvalue weighted by molar-refractivity contribution is 8.00. The van der Waals surface area contributed by atoms with Crippen LogP contribution >= 0.6 is 23.4 Å². The number of nitrogens with zero attached hydrogens (tertiary/aromatic N) is 3. The van der Waals surface area contributed by atoms with Gasteiger partial charge in [-0.15, -0.1) is 0 Å². The molecule has 28 heavy (non-hydrogen) atoms. The highest BCUT2D eigenvalue weighted by Gasteiger charge is 2.33. The molecule has 0 spiro atoms. The summed E-state index contributed by atoms with van der Waals surface area (Å²) in [5.41, 5.74) is 5.06. The number of benzene rings is 1. The van der Waals surface area contributed by atoms with Crippen molar-refractivity contribution >= 4 is 40.8 Å². The Morgan fingerprint density at radius 3 is 2.54 bits per heavy atom. The van der Waals surface area contributed by atoms with Gasteiger partial charge in [0.25, 0.3) is 0 Å². The summed E-state index contributed by atoms with van der Waals surface area (Å²) in [6.07, 6.45) is -4.66. The number of hydrogen-bond donors (Lipinski definition) is 2. The van der Waals surface area contributed by atoms with Gasteiger partial charge in [-0.2, -0.15) is 23.7 Å². The van der Waals surface area contributed by atoms with Crippen molar-refractivity contribution in [2.75, 3.05) is 16.8 Å². The summed E-state index contributed by atoms with van der Waals surface area (Å²) in [4.78, 5) is 16.0. The Balaban J connectivity index is 2.17. The molecule has 0 atom stereocenters. The van der Waals surface area contributed by atoms with Gasteiger partial charge in [0.05, 0.1) is 27.5 Å². The average Bonchev–Trinajstić information content (AvgIpc) is 2.61. The van der Waals surface area contributed by atoms with Crippen molar-refractivity contribution in [1.82, 2.24) is 4.98 Å². The largest absolute Gasteiger partial charge is 0.417 e. The van der Waals surface area contributed by atoms with Crippen LogP contribution in [0.5, 0.6) is 0 Å². The molecule has 11 heteroatoms. The molecule has 1 aromatic heterocycles. The van der Waals surface area contributed by atoms with E-state index in [2.05, 4.69) is 10.3 Å². The van der Waals surface area contributed by atoms with E-state index in [-0.39, 0.29) is 33.4 Å². The standard InChI is InChI=1S/C17H11ClF3N5OS/c1-8-10(5-22)15(24)26-16(11(8)6-23)28-7-14(27)25-9-2-3-13(18)12(4-9)17(19,20)21/h2-4H,7H2,1H3,(H2,24,26)(H,25,27). The van der Waals surface area contributed by atoms with Crippen LogP contribution in [0.3, 0.4) is 0 Å². The van der Waals surface area contributed by atoms with Gasteiger partial charge < -0.3 is 11.1 Å². The summed E-state index contributed by atoms with van der Waals surface area (Å²) >= 11 is 6.41. The zero-order valence-corrected chi connectivity index (χ0v) is 15.8. The van der Waals surface area contributed by atoms with Gasteiger partial charge >= 0.3 is 6.18 Å². The highest BCUT2D eigenvalue weighted by atomic mass is 35.5. The number of rotatable bonds is 4. The lowest BCUT2D eigenvalue weighted by Gasteiger charge is -2.12. The molecule has 1 aromatic carbocycles. The van der Waals surface area contributed by atoms with Crippen molar-refractivity contribution in [2.24, 2.45) is 0 Å². The van der Waals surface area contributed by atoms with E-state index in [4.69, 9.17) is 22.6 Å². The minimum atomic E-state index is -4.66. The summed E-state index contributed by atoms with van der Waals surface area (Å²) < 4.78 is 38.6. The molecule has 0 bridgehead atoms. The maximum atomic E-state index is 12.9. The third kappa shape index (κ3) is 4.66. The topological polar surface area (TPSA) is 116 Å². The summed E-state index contributed by atoms with van der Waals surface area (Å²) in [5.74, 6) is -0.933. The van der Waals surface area contributed by atoms with Crippen molar-refractivity contribution < 1.29 is 18.0 Å². The van der Waals surface area contributed by atoms with Crippen LogP contribution in [0.1, 0.15) is 22.3 Å². The Kier molecular flexibility index (Phi) is 6.39. The predicted molar refractivity (Wildman–Crippen MR) is 98.6 cm³/mol. The molecule has 6 nitrogen and oxygen atoms in total. The molecular formula is C17H11ClF3N5OS. The molecule has 0 aliphatic rings. The van der Waals surface area contributed by atoms with Crippen molar-refractivity contribution in [3.8, 4) is 12.1 Å². The quantitative estimate of drug-likeness (QED) is 0.712. The third-order valence-electron chi connectivity index (χ3n) is 3.56. The molecule has 144 valence electrons. The lowest BCUT2D eigenvalue weighted by atomic mass is 10.1. The lowest BCUT2D eigenvalue weighted by Crippen LogP contribution is -2.15. The zero-order chi connectivity index (χ0) is 21.1. The van der Waals surface area contributed by atoms with E-state index in [1.54, 1.807) is 0 Å². The Hall–Kier alpha value is -2.95. The van der Waals surface area contributed by atoms with E-state index < -0.39 is 22.7 Å². The van der Waals surface area contributed by atoms with Gasteiger partial charge in [-0.05, 0) is 30.7 Å². The second kappa shape index (κ2) is 8.38. The van der Waals surface area contributed by atoms with Gasteiger partial charge in [0, 0.05) is 5.69 Å². The summed E-state index contributed by atoms with van der Waals surface area (Å²) in [5, 5.41) is 20.3. The fraction of sp³-hybridized carbons (Fsp3) is 0.176. The molecule has 0 radical (unpaired) electrons. The van der Waals surface area contributed by atoms with Gasteiger partial charge in [-0.3, -0.25) is 4.79 Å².